The number of likely N-dealkylation sites (tertiary alicyclic amines) is 2. The number of aromatic nitrogens is 4. The summed E-state index contributed by atoms with van der Waals surface area (Å²) in [7, 11) is 3.54. The molecule has 0 bridgehead atoms. The average Bonchev–Trinajstić information content (AvgIpc) is 3.36. The zero-order valence-electron chi connectivity index (χ0n) is 18.9. The van der Waals surface area contributed by atoms with Crippen LogP contribution in [0, 0.1) is 13.8 Å². The molecule has 0 radical (unpaired) electrons. The summed E-state index contributed by atoms with van der Waals surface area (Å²) in [4.78, 5) is 45.0. The molecule has 0 amide bonds. The van der Waals surface area contributed by atoms with Crippen molar-refractivity contribution in [2.45, 2.75) is 51.4 Å². The molecule has 2 aliphatic heterocycles. The lowest BCUT2D eigenvalue weighted by Crippen LogP contribution is -2.55. The van der Waals surface area contributed by atoms with E-state index in [4.69, 9.17) is 18.7 Å². The van der Waals surface area contributed by atoms with E-state index >= 15 is 0 Å². The Balaban J connectivity index is 1.36. The second-order valence-electron chi connectivity index (χ2n) is 9.20. The van der Waals surface area contributed by atoms with E-state index in [2.05, 4.69) is 20.3 Å². The van der Waals surface area contributed by atoms with Gasteiger partial charge in [-0.05, 0) is 26.7 Å². The maximum Gasteiger partial charge on any atom is 0.480 e. The number of carbonyl (C=O) groups excluding carboxylic acids is 2. The van der Waals surface area contributed by atoms with Crippen molar-refractivity contribution in [3.63, 3.8) is 0 Å². The molecule has 4 heterocycles. The van der Waals surface area contributed by atoms with Crippen molar-refractivity contribution in [3.8, 4) is 0 Å². The molecule has 0 saturated carbocycles. The third-order valence-corrected chi connectivity index (χ3v) is 6.14. The smallest absolute Gasteiger partial charge is 0.339 e. The highest BCUT2D eigenvalue weighted by molar-refractivity contribution is 6.29. The number of piperidine rings is 2. The summed E-state index contributed by atoms with van der Waals surface area (Å²) in [5.41, 5.74) is 0. The van der Waals surface area contributed by atoms with Gasteiger partial charge in [0, 0.05) is 12.8 Å². The predicted octanol–water partition coefficient (Wildman–Crippen LogP) is 1.33. The van der Waals surface area contributed by atoms with Crippen molar-refractivity contribution in [1.82, 2.24) is 20.3 Å². The number of aryl methyl sites for hydroxylation is 2. The molecule has 0 N–H and O–H groups in total. The van der Waals surface area contributed by atoms with E-state index in [9.17, 15) is 9.59 Å². The van der Waals surface area contributed by atoms with Crippen molar-refractivity contribution >= 4 is 11.9 Å². The Bertz CT molecular complexity index is 913. The van der Waals surface area contributed by atoms with Gasteiger partial charge in [0.05, 0.1) is 11.8 Å². The molecule has 0 aromatic carbocycles. The molecule has 2 aromatic heterocycles. The van der Waals surface area contributed by atoms with E-state index in [1.165, 1.54) is 0 Å². The Labute approximate surface area is 185 Å². The molecule has 2 saturated heterocycles. The summed E-state index contributed by atoms with van der Waals surface area (Å²) < 4.78 is 10.5. The quantitative estimate of drug-likeness (QED) is 0.496. The summed E-state index contributed by atoms with van der Waals surface area (Å²) in [6.45, 7) is 5.60. The highest BCUT2D eigenvalue weighted by Crippen LogP contribution is 2.31. The second-order valence-corrected chi connectivity index (χ2v) is 9.20. The first kappa shape index (κ1) is 22.3. The number of hydrogen-bond acceptors (Lipinski definition) is 10. The fourth-order valence-corrected chi connectivity index (χ4v) is 4.64. The van der Waals surface area contributed by atoms with Crippen molar-refractivity contribution in [2.75, 3.05) is 40.3 Å². The fourth-order valence-electron chi connectivity index (χ4n) is 4.64. The van der Waals surface area contributed by atoms with E-state index in [0.29, 0.717) is 49.6 Å². The van der Waals surface area contributed by atoms with Gasteiger partial charge in [-0.15, -0.1) is 9.29 Å². The van der Waals surface area contributed by atoms with Crippen molar-refractivity contribution in [3.05, 3.63) is 23.4 Å². The van der Waals surface area contributed by atoms with Crippen LogP contribution in [0.4, 0.5) is 0 Å². The van der Waals surface area contributed by atoms with Gasteiger partial charge in [-0.1, -0.05) is 10.3 Å². The third-order valence-electron chi connectivity index (χ3n) is 6.14. The minimum Gasteiger partial charge on any atom is -0.339 e. The van der Waals surface area contributed by atoms with Gasteiger partial charge in [0.15, 0.2) is 11.6 Å². The first-order valence-electron chi connectivity index (χ1n) is 10.9. The maximum absolute atomic E-state index is 12.6. The number of hydroxylamine groups is 6. The number of carbonyl (C=O) groups is 2. The highest BCUT2D eigenvalue weighted by Gasteiger charge is 2.44. The van der Waals surface area contributed by atoms with Crippen LogP contribution in [-0.2, 0) is 19.3 Å². The van der Waals surface area contributed by atoms with Crippen LogP contribution in [0.15, 0.2) is 9.05 Å². The van der Waals surface area contributed by atoms with Crippen LogP contribution in [0.25, 0.3) is 0 Å². The van der Waals surface area contributed by atoms with E-state index < -0.39 is 11.9 Å². The molecule has 32 heavy (non-hydrogen) atoms. The molecule has 2 aliphatic rings. The minimum absolute atomic E-state index is 0.0379. The standard InChI is InChI=1S/C20H30N6O6/c1-13-21-17(29-23-13)15-7-5-9-25(3,11-15)31-19(27)20(28)32-26(4)10-6-8-16(12-26)18-22-14(2)24-30-18/h15-16H,5-12H2,1-4H3/q+2. The zero-order chi connectivity index (χ0) is 22.9. The van der Waals surface area contributed by atoms with Gasteiger partial charge >= 0.3 is 11.9 Å². The average molecular weight is 450 g/mol. The molecule has 2 fully saturated rings. The topological polar surface area (TPSA) is 130 Å². The fraction of sp³-hybridized carbons (Fsp3) is 0.700. The molecule has 12 heteroatoms. The van der Waals surface area contributed by atoms with E-state index in [1.807, 2.05) is 0 Å². The predicted molar refractivity (Wildman–Crippen MR) is 106 cm³/mol. The van der Waals surface area contributed by atoms with Crippen molar-refractivity contribution in [2.24, 2.45) is 0 Å². The molecule has 174 valence electrons. The second kappa shape index (κ2) is 8.58. The summed E-state index contributed by atoms with van der Waals surface area (Å²) in [5, 5.41) is 7.68. The van der Waals surface area contributed by atoms with Crippen molar-refractivity contribution < 1.29 is 37.6 Å². The van der Waals surface area contributed by atoms with E-state index in [0.717, 1.165) is 25.7 Å². The number of rotatable bonds is 4. The monoisotopic (exact) mass is 450 g/mol. The van der Waals surface area contributed by atoms with Crippen LogP contribution in [0.1, 0.15) is 60.9 Å². The molecule has 0 spiro atoms. The van der Waals surface area contributed by atoms with Gasteiger partial charge < -0.3 is 9.05 Å². The Hall–Kier alpha value is -2.86. The lowest BCUT2D eigenvalue weighted by molar-refractivity contribution is -1.08. The number of hydrogen-bond donors (Lipinski definition) is 0. The van der Waals surface area contributed by atoms with Crippen LogP contribution in [-0.4, -0.2) is 81.8 Å². The molecular weight excluding hydrogens is 420 g/mol. The summed E-state index contributed by atoms with van der Waals surface area (Å²) in [6, 6.07) is 0. The van der Waals surface area contributed by atoms with Crippen LogP contribution in [0.2, 0.25) is 0 Å². The van der Waals surface area contributed by atoms with Crippen LogP contribution < -0.4 is 0 Å². The van der Waals surface area contributed by atoms with E-state index in [-0.39, 0.29) is 21.1 Å². The normalized spacial score (nSPS) is 30.6. The van der Waals surface area contributed by atoms with Crippen LogP contribution >= 0.6 is 0 Å². The van der Waals surface area contributed by atoms with Gasteiger partial charge in [0.2, 0.25) is 11.8 Å². The Morgan fingerprint density at radius 1 is 0.812 bits per heavy atom. The lowest BCUT2D eigenvalue weighted by atomic mass is 9.98. The summed E-state index contributed by atoms with van der Waals surface area (Å²) in [5.74, 6) is 0.0846. The first-order chi connectivity index (χ1) is 15.1. The van der Waals surface area contributed by atoms with Gasteiger partial charge in [-0.2, -0.15) is 9.97 Å². The third kappa shape index (κ3) is 4.96. The molecule has 4 unspecified atom stereocenters. The van der Waals surface area contributed by atoms with Gasteiger partial charge in [0.25, 0.3) is 0 Å². The zero-order valence-corrected chi connectivity index (χ0v) is 18.9. The summed E-state index contributed by atoms with van der Waals surface area (Å²) in [6.07, 6.45) is 3.29. The number of quaternary nitrogens is 2. The minimum atomic E-state index is -1.01. The molecule has 0 aliphatic carbocycles. The maximum atomic E-state index is 12.6. The van der Waals surface area contributed by atoms with Gasteiger partial charge in [-0.3, -0.25) is 9.68 Å². The Kier molecular flexibility index (Phi) is 5.99. The molecule has 4 atom stereocenters. The molecule has 2 aromatic rings. The van der Waals surface area contributed by atoms with Gasteiger partial charge in [-0.25, -0.2) is 9.59 Å². The SMILES string of the molecule is Cc1noc(C2CCC[N+](C)(OC(=O)C(=O)O[N+]3(C)CCCC(c4nc(C)no4)C3)C2)n1. The highest BCUT2D eigenvalue weighted by atomic mass is 16.8. The first-order valence-corrected chi connectivity index (χ1v) is 10.9. The molecule has 4 rings (SSSR count). The molecular formula is C20H30N6O6+2. The Morgan fingerprint density at radius 3 is 1.56 bits per heavy atom. The van der Waals surface area contributed by atoms with E-state index in [1.54, 1.807) is 27.9 Å². The number of likely N-dealkylation sites (N-methyl/N-ethyl adjacent to an activating group) is 2. The Morgan fingerprint density at radius 2 is 1.22 bits per heavy atom. The summed E-state index contributed by atoms with van der Waals surface area (Å²) >= 11 is 0. The lowest BCUT2D eigenvalue weighted by Gasteiger charge is -2.37. The van der Waals surface area contributed by atoms with Crippen LogP contribution in [0.5, 0.6) is 0 Å². The molecule has 12 nitrogen and oxygen atoms in total. The largest absolute Gasteiger partial charge is 0.480 e. The van der Waals surface area contributed by atoms with Crippen LogP contribution in [0.3, 0.4) is 0 Å². The van der Waals surface area contributed by atoms with Crippen molar-refractivity contribution in [1.29, 1.82) is 0 Å². The van der Waals surface area contributed by atoms with Gasteiger partial charge in [0.1, 0.15) is 40.3 Å². The number of nitrogens with zero attached hydrogens (tertiary/aromatic N) is 6.